The molecule has 0 amide bonds. The van der Waals surface area contributed by atoms with Crippen molar-refractivity contribution in [2.75, 3.05) is 18.1 Å². The summed E-state index contributed by atoms with van der Waals surface area (Å²) in [4.78, 5) is 4.80. The molecule has 1 aliphatic heterocycles. The van der Waals surface area contributed by atoms with Gasteiger partial charge in [0.25, 0.3) is 0 Å². The molecule has 112 valence electrons. The van der Waals surface area contributed by atoms with E-state index in [-0.39, 0.29) is 0 Å². The number of hydrogen-bond acceptors (Lipinski definition) is 2. The first-order chi connectivity index (χ1) is 10.9. The van der Waals surface area contributed by atoms with Crippen molar-refractivity contribution in [3.8, 4) is 11.1 Å². The van der Waals surface area contributed by atoms with Gasteiger partial charge in [0.1, 0.15) is 0 Å². The second kappa shape index (κ2) is 5.53. The van der Waals surface area contributed by atoms with Crippen LogP contribution in [0.3, 0.4) is 0 Å². The highest BCUT2D eigenvalue weighted by Gasteiger charge is 2.24. The van der Waals surface area contributed by atoms with Crippen LogP contribution in [-0.4, -0.2) is 18.1 Å². The van der Waals surface area contributed by atoms with E-state index < -0.39 is 0 Å². The maximum absolute atomic E-state index is 2.41. The number of anilines is 1. The van der Waals surface area contributed by atoms with Crippen molar-refractivity contribution < 1.29 is 0 Å². The minimum absolute atomic E-state index is 0.979. The van der Waals surface area contributed by atoms with Gasteiger partial charge >= 0.3 is 0 Å². The SMILES string of the molecule is CCCCN1C=CN(c2cccc3c2Cc2ccccc2-3)C1. The Morgan fingerprint density at radius 2 is 1.82 bits per heavy atom. The summed E-state index contributed by atoms with van der Waals surface area (Å²) in [7, 11) is 0. The van der Waals surface area contributed by atoms with Crippen LogP contribution in [0, 0.1) is 0 Å². The largest absolute Gasteiger partial charge is 0.358 e. The van der Waals surface area contributed by atoms with Crippen LogP contribution in [0.15, 0.2) is 54.9 Å². The van der Waals surface area contributed by atoms with E-state index >= 15 is 0 Å². The van der Waals surface area contributed by atoms with E-state index in [1.165, 1.54) is 40.8 Å². The van der Waals surface area contributed by atoms with Gasteiger partial charge in [0.05, 0.1) is 6.67 Å². The molecule has 2 aromatic rings. The zero-order valence-electron chi connectivity index (χ0n) is 13.1. The second-order valence-electron chi connectivity index (χ2n) is 6.21. The molecule has 0 aromatic heterocycles. The Morgan fingerprint density at radius 1 is 0.955 bits per heavy atom. The molecular weight excluding hydrogens is 268 g/mol. The molecule has 0 saturated carbocycles. The lowest BCUT2D eigenvalue weighted by Crippen LogP contribution is -2.26. The molecular formula is C20H22N2. The Kier molecular flexibility index (Phi) is 3.38. The van der Waals surface area contributed by atoms with Crippen LogP contribution in [-0.2, 0) is 6.42 Å². The molecule has 0 radical (unpaired) electrons. The number of fused-ring (bicyclic) bond motifs is 3. The fourth-order valence-electron chi connectivity index (χ4n) is 3.54. The van der Waals surface area contributed by atoms with Crippen molar-refractivity contribution in [3.05, 3.63) is 66.0 Å². The van der Waals surface area contributed by atoms with Gasteiger partial charge in [-0.3, -0.25) is 0 Å². The van der Waals surface area contributed by atoms with Gasteiger partial charge in [-0.15, -0.1) is 0 Å². The zero-order chi connectivity index (χ0) is 14.9. The fourth-order valence-corrected chi connectivity index (χ4v) is 3.54. The topological polar surface area (TPSA) is 6.48 Å². The molecule has 0 N–H and O–H groups in total. The highest BCUT2D eigenvalue weighted by Crippen LogP contribution is 2.41. The number of rotatable bonds is 4. The van der Waals surface area contributed by atoms with E-state index in [2.05, 4.69) is 71.6 Å². The van der Waals surface area contributed by atoms with Crippen LogP contribution < -0.4 is 4.90 Å². The Balaban J connectivity index is 1.62. The molecule has 2 aliphatic rings. The molecule has 1 aliphatic carbocycles. The number of hydrogen-bond donors (Lipinski definition) is 0. The summed E-state index contributed by atoms with van der Waals surface area (Å²) < 4.78 is 0. The predicted molar refractivity (Wildman–Crippen MR) is 92.8 cm³/mol. The van der Waals surface area contributed by atoms with E-state index in [1.807, 2.05) is 0 Å². The van der Waals surface area contributed by atoms with E-state index in [0.717, 1.165) is 19.6 Å². The third-order valence-electron chi connectivity index (χ3n) is 4.73. The van der Waals surface area contributed by atoms with Crippen LogP contribution in [0.1, 0.15) is 30.9 Å². The van der Waals surface area contributed by atoms with E-state index in [1.54, 1.807) is 0 Å². The van der Waals surface area contributed by atoms with Crippen LogP contribution in [0.25, 0.3) is 11.1 Å². The molecule has 22 heavy (non-hydrogen) atoms. The maximum Gasteiger partial charge on any atom is 0.0941 e. The zero-order valence-corrected chi connectivity index (χ0v) is 13.1. The van der Waals surface area contributed by atoms with Gasteiger partial charge in [-0.25, -0.2) is 0 Å². The maximum atomic E-state index is 2.41. The van der Waals surface area contributed by atoms with Gasteiger partial charge in [0.2, 0.25) is 0 Å². The molecule has 2 nitrogen and oxygen atoms in total. The lowest BCUT2D eigenvalue weighted by Gasteiger charge is -2.23. The lowest BCUT2D eigenvalue weighted by molar-refractivity contribution is 0.396. The summed E-state index contributed by atoms with van der Waals surface area (Å²) in [6, 6.07) is 15.5. The van der Waals surface area contributed by atoms with Crippen LogP contribution in [0.2, 0.25) is 0 Å². The van der Waals surface area contributed by atoms with Gasteiger partial charge < -0.3 is 9.80 Å². The van der Waals surface area contributed by atoms with Crippen molar-refractivity contribution in [1.29, 1.82) is 0 Å². The second-order valence-corrected chi connectivity index (χ2v) is 6.21. The van der Waals surface area contributed by atoms with Crippen molar-refractivity contribution in [2.45, 2.75) is 26.2 Å². The Hall–Kier alpha value is -2.22. The normalized spacial score (nSPS) is 15.3. The van der Waals surface area contributed by atoms with E-state index in [9.17, 15) is 0 Å². The molecule has 4 rings (SSSR count). The number of nitrogens with zero attached hydrogens (tertiary/aromatic N) is 2. The third kappa shape index (κ3) is 2.19. The van der Waals surface area contributed by atoms with Gasteiger partial charge in [-0.05, 0) is 34.7 Å². The monoisotopic (exact) mass is 290 g/mol. The van der Waals surface area contributed by atoms with Crippen molar-refractivity contribution in [1.82, 2.24) is 4.90 Å². The summed E-state index contributed by atoms with van der Waals surface area (Å²) in [5.41, 5.74) is 7.12. The first-order valence-electron chi connectivity index (χ1n) is 8.26. The molecule has 0 spiro atoms. The van der Waals surface area contributed by atoms with Gasteiger partial charge in [0.15, 0.2) is 0 Å². The predicted octanol–water partition coefficient (Wildman–Crippen LogP) is 4.61. The molecule has 0 unspecified atom stereocenters. The Morgan fingerprint density at radius 3 is 2.73 bits per heavy atom. The lowest BCUT2D eigenvalue weighted by atomic mass is 10.0. The number of benzene rings is 2. The van der Waals surface area contributed by atoms with Crippen LogP contribution in [0.4, 0.5) is 5.69 Å². The molecule has 0 atom stereocenters. The fraction of sp³-hybridized carbons (Fsp3) is 0.300. The van der Waals surface area contributed by atoms with Crippen LogP contribution in [0.5, 0.6) is 0 Å². The summed E-state index contributed by atoms with van der Waals surface area (Å²) in [6.45, 7) is 4.38. The van der Waals surface area contributed by atoms with Crippen molar-refractivity contribution in [3.63, 3.8) is 0 Å². The first kappa shape index (κ1) is 13.4. The average molecular weight is 290 g/mol. The van der Waals surface area contributed by atoms with Gasteiger partial charge in [-0.1, -0.05) is 49.7 Å². The van der Waals surface area contributed by atoms with Gasteiger partial charge in [-0.2, -0.15) is 0 Å². The summed E-state index contributed by atoms with van der Waals surface area (Å²) in [5, 5.41) is 0. The summed E-state index contributed by atoms with van der Waals surface area (Å²) in [6.07, 6.45) is 8.03. The van der Waals surface area contributed by atoms with Gasteiger partial charge in [0, 0.05) is 31.1 Å². The minimum Gasteiger partial charge on any atom is -0.358 e. The Labute approximate surface area is 132 Å². The molecule has 0 fully saturated rings. The molecule has 0 saturated heterocycles. The smallest absolute Gasteiger partial charge is 0.0941 e. The van der Waals surface area contributed by atoms with Crippen molar-refractivity contribution >= 4 is 5.69 Å². The molecule has 2 heteroatoms. The summed E-state index contributed by atoms with van der Waals surface area (Å²) >= 11 is 0. The first-order valence-corrected chi connectivity index (χ1v) is 8.26. The standard InChI is InChI=1S/C20H22N2/c1-2-3-11-21-12-13-22(15-21)20-10-6-9-18-17-8-5-4-7-16(17)14-19(18)20/h4-10,12-13H,2-3,11,14-15H2,1H3. The molecule has 0 bridgehead atoms. The Bertz CT molecular complexity index is 717. The van der Waals surface area contributed by atoms with E-state index in [0.29, 0.717) is 0 Å². The van der Waals surface area contributed by atoms with E-state index in [4.69, 9.17) is 0 Å². The highest BCUT2D eigenvalue weighted by atomic mass is 15.3. The molecule has 1 heterocycles. The number of unbranched alkanes of at least 4 members (excludes halogenated alkanes) is 1. The quantitative estimate of drug-likeness (QED) is 0.692. The third-order valence-corrected chi connectivity index (χ3v) is 4.73. The molecule has 2 aromatic carbocycles. The average Bonchev–Trinajstić information content (AvgIpc) is 3.17. The van der Waals surface area contributed by atoms with Crippen molar-refractivity contribution in [2.24, 2.45) is 0 Å². The summed E-state index contributed by atoms with van der Waals surface area (Å²) in [5.74, 6) is 0. The van der Waals surface area contributed by atoms with Crippen LogP contribution >= 0.6 is 0 Å². The minimum atomic E-state index is 0.979. The highest BCUT2D eigenvalue weighted by molar-refractivity contribution is 5.82.